The van der Waals surface area contributed by atoms with E-state index < -0.39 is 53.4 Å². The number of carboxylic acids is 3. The maximum absolute atomic E-state index is 12.3. The van der Waals surface area contributed by atoms with Gasteiger partial charge in [0.25, 0.3) is 0 Å². The van der Waals surface area contributed by atoms with Gasteiger partial charge in [0.1, 0.15) is 0 Å². The summed E-state index contributed by atoms with van der Waals surface area (Å²) < 4.78 is 0. The summed E-state index contributed by atoms with van der Waals surface area (Å²) in [5, 5.41) is 38.2. The largest absolute Gasteiger partial charge is 0.481 e. The zero-order chi connectivity index (χ0) is 21.2. The van der Waals surface area contributed by atoms with Gasteiger partial charge in [-0.1, -0.05) is 0 Å². The van der Waals surface area contributed by atoms with Crippen LogP contribution in [0.15, 0.2) is 0 Å². The maximum atomic E-state index is 12.3. The van der Waals surface area contributed by atoms with Crippen molar-refractivity contribution in [2.45, 2.75) is 76.5 Å². The number of hydroxylamine groups is 2. The third-order valence-corrected chi connectivity index (χ3v) is 4.61. The first kappa shape index (κ1) is 22.8. The monoisotopic (exact) mass is 389 g/mol. The molecule has 10 nitrogen and oxygen atoms in total. The van der Waals surface area contributed by atoms with Gasteiger partial charge in [-0.2, -0.15) is 0 Å². The Morgan fingerprint density at radius 3 is 1.81 bits per heavy atom. The molecule has 1 aliphatic heterocycles. The molecule has 10 heteroatoms. The Labute approximate surface area is 156 Å². The van der Waals surface area contributed by atoms with E-state index in [4.69, 9.17) is 20.2 Å². The van der Waals surface area contributed by atoms with E-state index >= 15 is 0 Å². The lowest BCUT2D eigenvalue weighted by atomic mass is 9.74. The summed E-state index contributed by atoms with van der Waals surface area (Å²) in [5.74, 6) is -5.54. The molecule has 0 bridgehead atoms. The molecule has 1 unspecified atom stereocenters. The molecule has 0 saturated carbocycles. The Bertz CT molecular complexity index is 610. The van der Waals surface area contributed by atoms with Gasteiger partial charge in [-0.05, 0) is 46.5 Å². The third-order valence-electron chi connectivity index (χ3n) is 4.61. The van der Waals surface area contributed by atoms with Crippen molar-refractivity contribution in [1.82, 2.24) is 5.06 Å². The van der Waals surface area contributed by atoms with Crippen LogP contribution in [0.5, 0.6) is 0 Å². The van der Waals surface area contributed by atoms with Gasteiger partial charge >= 0.3 is 23.9 Å². The zero-order valence-electron chi connectivity index (χ0n) is 15.9. The highest BCUT2D eigenvalue weighted by atomic mass is 16.7. The number of carbonyl (C=O) groups excluding carboxylic acids is 1. The second-order valence-corrected chi connectivity index (χ2v) is 8.34. The van der Waals surface area contributed by atoms with E-state index in [9.17, 15) is 24.3 Å². The molecule has 27 heavy (non-hydrogen) atoms. The molecule has 1 heterocycles. The van der Waals surface area contributed by atoms with E-state index in [1.165, 1.54) is 5.06 Å². The summed E-state index contributed by atoms with van der Waals surface area (Å²) in [7, 11) is 0. The van der Waals surface area contributed by atoms with Crippen molar-refractivity contribution in [1.29, 1.82) is 0 Å². The van der Waals surface area contributed by atoms with Crippen LogP contribution in [0, 0.1) is 5.92 Å². The van der Waals surface area contributed by atoms with E-state index in [1.54, 1.807) is 27.7 Å². The first-order chi connectivity index (χ1) is 12.1. The second-order valence-electron chi connectivity index (χ2n) is 8.34. The number of rotatable bonds is 8. The van der Waals surface area contributed by atoms with Gasteiger partial charge in [-0.3, -0.25) is 14.4 Å². The summed E-state index contributed by atoms with van der Waals surface area (Å²) in [5.41, 5.74) is -4.27. The fourth-order valence-electron chi connectivity index (χ4n) is 3.95. The molecular formula is C17H27NO9. The van der Waals surface area contributed by atoms with E-state index in [2.05, 4.69) is 0 Å². The van der Waals surface area contributed by atoms with Crippen LogP contribution >= 0.6 is 0 Å². The van der Waals surface area contributed by atoms with E-state index in [0.717, 1.165) is 0 Å². The van der Waals surface area contributed by atoms with Crippen LogP contribution in [0.25, 0.3) is 0 Å². The molecule has 1 fully saturated rings. The van der Waals surface area contributed by atoms with Crippen LogP contribution in [0.2, 0.25) is 0 Å². The summed E-state index contributed by atoms with van der Waals surface area (Å²) in [4.78, 5) is 50.6. The van der Waals surface area contributed by atoms with Crippen molar-refractivity contribution in [3.8, 4) is 0 Å². The van der Waals surface area contributed by atoms with Crippen molar-refractivity contribution in [3.05, 3.63) is 0 Å². The first-order valence-corrected chi connectivity index (χ1v) is 8.49. The standard InChI is InChI=1S/C17H27NO9/c1-15(2)6-10(5-11(19)20)7-16(3,4)18(15)27-13(23)9-17(26,14(24)25)8-12(21)22/h10,26H,5-9H2,1-4H3,(H,19,20)(H,21,22)(H,24,25). The molecule has 0 radical (unpaired) electrons. The minimum atomic E-state index is -2.78. The van der Waals surface area contributed by atoms with Gasteiger partial charge in [0.05, 0.1) is 23.9 Å². The molecule has 1 rings (SSSR count). The smallest absolute Gasteiger partial charge is 0.336 e. The van der Waals surface area contributed by atoms with Gasteiger partial charge in [-0.15, -0.1) is 5.06 Å². The number of aliphatic carboxylic acids is 3. The lowest BCUT2D eigenvalue weighted by molar-refractivity contribution is -0.274. The zero-order valence-corrected chi connectivity index (χ0v) is 15.9. The summed E-state index contributed by atoms with van der Waals surface area (Å²) in [6, 6.07) is 0. The maximum Gasteiger partial charge on any atom is 0.336 e. The number of hydrogen-bond donors (Lipinski definition) is 4. The number of aliphatic hydroxyl groups is 1. The Morgan fingerprint density at radius 1 is 0.963 bits per heavy atom. The molecular weight excluding hydrogens is 362 g/mol. The molecule has 4 N–H and O–H groups in total. The predicted molar refractivity (Wildman–Crippen MR) is 90.5 cm³/mol. The fraction of sp³-hybridized carbons (Fsp3) is 0.765. The summed E-state index contributed by atoms with van der Waals surface area (Å²) in [6.45, 7) is 7.04. The highest BCUT2D eigenvalue weighted by Crippen LogP contribution is 2.43. The van der Waals surface area contributed by atoms with E-state index in [1.807, 2.05) is 0 Å². The average molecular weight is 389 g/mol. The number of nitrogens with zero attached hydrogens (tertiary/aromatic N) is 1. The average Bonchev–Trinajstić information content (AvgIpc) is 2.40. The minimum Gasteiger partial charge on any atom is -0.481 e. The van der Waals surface area contributed by atoms with Crippen molar-refractivity contribution >= 4 is 23.9 Å². The van der Waals surface area contributed by atoms with Crippen LogP contribution in [0.3, 0.4) is 0 Å². The lowest BCUT2D eigenvalue weighted by Crippen LogP contribution is -2.61. The molecule has 0 spiro atoms. The molecule has 0 aromatic heterocycles. The molecule has 0 aromatic rings. The topological polar surface area (TPSA) is 162 Å². The fourth-order valence-corrected chi connectivity index (χ4v) is 3.95. The quantitative estimate of drug-likeness (QED) is 0.468. The molecule has 1 saturated heterocycles. The van der Waals surface area contributed by atoms with Crippen molar-refractivity contribution < 1.29 is 44.4 Å². The minimum absolute atomic E-state index is 0.0218. The van der Waals surface area contributed by atoms with Crippen LogP contribution in [0.4, 0.5) is 0 Å². The molecule has 1 aliphatic rings. The number of piperidine rings is 1. The highest BCUT2D eigenvalue weighted by molar-refractivity contribution is 5.88. The van der Waals surface area contributed by atoms with E-state index in [0.29, 0.717) is 12.8 Å². The molecule has 0 amide bonds. The van der Waals surface area contributed by atoms with Crippen molar-refractivity contribution in [3.63, 3.8) is 0 Å². The van der Waals surface area contributed by atoms with Crippen LogP contribution in [-0.4, -0.2) is 66.0 Å². The third kappa shape index (κ3) is 5.90. The van der Waals surface area contributed by atoms with Gasteiger partial charge in [0.15, 0.2) is 5.60 Å². The van der Waals surface area contributed by atoms with E-state index in [-0.39, 0.29) is 12.3 Å². The molecule has 0 aromatic carbocycles. The second kappa shape index (κ2) is 7.81. The van der Waals surface area contributed by atoms with Crippen LogP contribution in [-0.2, 0) is 24.0 Å². The number of carboxylic acid groups (broad SMARTS) is 3. The lowest BCUT2D eigenvalue weighted by Gasteiger charge is -2.52. The van der Waals surface area contributed by atoms with Crippen LogP contribution in [0.1, 0.15) is 59.8 Å². The van der Waals surface area contributed by atoms with Gasteiger partial charge in [0.2, 0.25) is 0 Å². The number of hydrogen-bond acceptors (Lipinski definition) is 7. The molecule has 0 aliphatic carbocycles. The van der Waals surface area contributed by atoms with Crippen molar-refractivity contribution in [2.75, 3.05) is 0 Å². The van der Waals surface area contributed by atoms with Gasteiger partial charge < -0.3 is 25.3 Å². The normalized spacial score (nSPS) is 21.8. The Morgan fingerprint density at radius 2 is 1.44 bits per heavy atom. The van der Waals surface area contributed by atoms with Gasteiger partial charge in [0, 0.05) is 6.42 Å². The number of carbonyl (C=O) groups is 4. The molecule has 1 atom stereocenters. The molecule has 154 valence electrons. The Balaban J connectivity index is 2.95. The Hall–Kier alpha value is -2.20. The SMILES string of the molecule is CC1(C)CC(CC(=O)O)CC(C)(C)N1OC(=O)CC(O)(CC(=O)O)C(=O)O. The Kier molecular flexibility index (Phi) is 6.61. The predicted octanol–water partition coefficient (Wildman–Crippen LogP) is 0.869. The van der Waals surface area contributed by atoms with Gasteiger partial charge in [-0.25, -0.2) is 4.79 Å². The first-order valence-electron chi connectivity index (χ1n) is 8.49. The summed E-state index contributed by atoms with van der Waals surface area (Å²) >= 11 is 0. The van der Waals surface area contributed by atoms with Crippen LogP contribution < -0.4 is 0 Å². The summed E-state index contributed by atoms with van der Waals surface area (Å²) in [6.07, 6.45) is -1.35. The van der Waals surface area contributed by atoms with Crippen molar-refractivity contribution in [2.24, 2.45) is 5.92 Å². The highest BCUT2D eigenvalue weighted by Gasteiger charge is 2.49.